The molecule has 0 bridgehead atoms. The van der Waals surface area contributed by atoms with E-state index in [4.69, 9.17) is 0 Å². The summed E-state index contributed by atoms with van der Waals surface area (Å²) in [7, 11) is 0. The first-order valence-electron chi connectivity index (χ1n) is 7.73. The Kier molecular flexibility index (Phi) is 7.37. The lowest BCUT2D eigenvalue weighted by atomic mass is 9.84. The van der Waals surface area contributed by atoms with E-state index in [-0.39, 0.29) is 5.56 Å². The van der Waals surface area contributed by atoms with Gasteiger partial charge in [-0.3, -0.25) is 4.79 Å². The molecule has 170 valence electrons. The molecule has 1 aromatic rings. The number of hydrogen-bond donors (Lipinski definition) is 1. The van der Waals surface area contributed by atoms with Crippen molar-refractivity contribution in [2.45, 2.75) is 42.7 Å². The molecule has 0 aromatic heterocycles. The zero-order chi connectivity index (χ0) is 23.4. The van der Waals surface area contributed by atoms with E-state index in [1.807, 2.05) is 0 Å². The van der Waals surface area contributed by atoms with Gasteiger partial charge in [0.25, 0.3) is 11.6 Å². The minimum Gasteiger partial charge on any atom is -0.387 e. The number of allylic oxidation sites excluding steroid dienone is 1. The Balaban J connectivity index is 2.89. The largest absolute Gasteiger partial charge is 0.457 e. The fourth-order valence-corrected chi connectivity index (χ4v) is 2.09. The van der Waals surface area contributed by atoms with Gasteiger partial charge in [-0.05, 0) is 31.1 Å². The standard InChI is InChI=1S/C16H12F11NO2/c17-12(13(18,19)15(22,23)24,14(20,21)16(25,26)27)8-4-5-9-30-28-11(29)10-6-2-1-3-7-10/h1-3,5-7,9H,4,8H2,(H,28,29). The van der Waals surface area contributed by atoms with E-state index in [2.05, 4.69) is 4.84 Å². The van der Waals surface area contributed by atoms with Crippen LogP contribution in [-0.4, -0.2) is 35.8 Å². The maximum Gasteiger partial charge on any atom is 0.457 e. The first kappa shape index (κ1) is 25.5. The van der Waals surface area contributed by atoms with Gasteiger partial charge < -0.3 is 4.84 Å². The molecular formula is C16H12F11NO2. The van der Waals surface area contributed by atoms with E-state index in [1.54, 1.807) is 11.5 Å². The highest BCUT2D eigenvalue weighted by molar-refractivity contribution is 5.93. The van der Waals surface area contributed by atoms with Gasteiger partial charge in [-0.25, -0.2) is 4.39 Å². The molecule has 3 nitrogen and oxygen atoms in total. The summed E-state index contributed by atoms with van der Waals surface area (Å²) in [6.07, 6.45) is -17.3. The summed E-state index contributed by atoms with van der Waals surface area (Å²) in [4.78, 5) is 15.9. The first-order valence-corrected chi connectivity index (χ1v) is 7.73. The van der Waals surface area contributed by atoms with Crippen molar-refractivity contribution in [2.24, 2.45) is 0 Å². The maximum atomic E-state index is 14.1. The van der Waals surface area contributed by atoms with Crippen LogP contribution in [0.1, 0.15) is 23.2 Å². The van der Waals surface area contributed by atoms with Crippen molar-refractivity contribution in [3.05, 3.63) is 48.2 Å². The fraction of sp³-hybridized carbons (Fsp3) is 0.438. The molecule has 0 atom stereocenters. The third-order valence-electron chi connectivity index (χ3n) is 3.71. The van der Waals surface area contributed by atoms with Crippen molar-refractivity contribution in [3.8, 4) is 0 Å². The summed E-state index contributed by atoms with van der Waals surface area (Å²) in [5.41, 5.74) is -4.54. The van der Waals surface area contributed by atoms with E-state index in [9.17, 15) is 53.1 Å². The lowest BCUT2D eigenvalue weighted by Crippen LogP contribution is -2.67. The molecule has 0 aliphatic heterocycles. The lowest BCUT2D eigenvalue weighted by Gasteiger charge is -2.40. The van der Waals surface area contributed by atoms with Crippen LogP contribution in [0.2, 0.25) is 0 Å². The minimum absolute atomic E-state index is 0.0725. The molecule has 1 N–H and O–H groups in total. The number of alkyl halides is 11. The number of halogens is 11. The number of rotatable bonds is 8. The first-order chi connectivity index (χ1) is 13.5. The van der Waals surface area contributed by atoms with Crippen molar-refractivity contribution in [3.63, 3.8) is 0 Å². The number of amides is 1. The Morgan fingerprint density at radius 2 is 1.30 bits per heavy atom. The zero-order valence-corrected chi connectivity index (χ0v) is 14.4. The number of hydroxylamine groups is 1. The van der Waals surface area contributed by atoms with Crippen molar-refractivity contribution < 1.29 is 57.9 Å². The van der Waals surface area contributed by atoms with Crippen LogP contribution in [0, 0.1) is 0 Å². The highest BCUT2D eigenvalue weighted by atomic mass is 19.4. The van der Waals surface area contributed by atoms with Gasteiger partial charge in [0, 0.05) is 5.56 Å². The van der Waals surface area contributed by atoms with Gasteiger partial charge >= 0.3 is 24.2 Å². The summed E-state index contributed by atoms with van der Waals surface area (Å²) < 4.78 is 141. The maximum absolute atomic E-state index is 14.1. The van der Waals surface area contributed by atoms with Gasteiger partial charge in [-0.1, -0.05) is 18.2 Å². The van der Waals surface area contributed by atoms with Crippen LogP contribution >= 0.6 is 0 Å². The van der Waals surface area contributed by atoms with Crippen molar-refractivity contribution in [1.82, 2.24) is 5.48 Å². The van der Waals surface area contributed by atoms with Crippen LogP contribution in [-0.2, 0) is 4.84 Å². The third-order valence-corrected chi connectivity index (χ3v) is 3.71. The van der Waals surface area contributed by atoms with E-state index in [0.29, 0.717) is 12.3 Å². The second kappa shape index (κ2) is 8.68. The topological polar surface area (TPSA) is 38.3 Å². The van der Waals surface area contributed by atoms with Crippen molar-refractivity contribution in [1.29, 1.82) is 0 Å². The summed E-state index contributed by atoms with van der Waals surface area (Å²) in [6, 6.07) is 7.16. The SMILES string of the molecule is O=C(NOC=CCCC(F)(C(F)(F)C(F)(F)F)C(F)(F)C(F)(F)F)c1ccccc1. The molecule has 1 rings (SSSR count). The average Bonchev–Trinajstić information content (AvgIpc) is 2.62. The van der Waals surface area contributed by atoms with Crippen LogP contribution in [0.5, 0.6) is 0 Å². The Bertz CT molecular complexity index is 716. The summed E-state index contributed by atoms with van der Waals surface area (Å²) >= 11 is 0. The number of hydrogen-bond acceptors (Lipinski definition) is 2. The van der Waals surface area contributed by atoms with E-state index >= 15 is 0 Å². The molecular weight excluding hydrogens is 447 g/mol. The van der Waals surface area contributed by atoms with Crippen LogP contribution in [0.15, 0.2) is 42.7 Å². The molecule has 30 heavy (non-hydrogen) atoms. The number of carbonyl (C=O) groups is 1. The van der Waals surface area contributed by atoms with Gasteiger partial charge in [0.1, 0.15) is 6.26 Å². The molecule has 0 saturated carbocycles. The molecule has 0 unspecified atom stereocenters. The van der Waals surface area contributed by atoms with Gasteiger partial charge in [-0.2, -0.15) is 49.4 Å². The van der Waals surface area contributed by atoms with Gasteiger partial charge in [-0.15, -0.1) is 0 Å². The Hall–Kier alpha value is -2.54. The Labute approximate surface area is 161 Å². The quantitative estimate of drug-likeness (QED) is 0.306. The molecule has 0 spiro atoms. The van der Waals surface area contributed by atoms with Gasteiger partial charge in [0.05, 0.1) is 0 Å². The number of carbonyl (C=O) groups excluding carboxylic acids is 1. The zero-order valence-electron chi connectivity index (χ0n) is 14.4. The molecule has 0 aliphatic rings. The van der Waals surface area contributed by atoms with E-state index < -0.39 is 48.6 Å². The number of benzene rings is 1. The molecule has 0 radical (unpaired) electrons. The fourth-order valence-electron chi connectivity index (χ4n) is 2.09. The van der Waals surface area contributed by atoms with E-state index in [1.165, 1.54) is 24.3 Å². The Morgan fingerprint density at radius 1 is 0.833 bits per heavy atom. The molecule has 0 saturated heterocycles. The van der Waals surface area contributed by atoms with Gasteiger partial charge in [0.15, 0.2) is 0 Å². The molecule has 1 aromatic carbocycles. The predicted molar refractivity (Wildman–Crippen MR) is 79.2 cm³/mol. The second-order valence-electron chi connectivity index (χ2n) is 5.77. The molecule has 0 aliphatic carbocycles. The highest BCUT2D eigenvalue weighted by Gasteiger charge is 2.85. The van der Waals surface area contributed by atoms with Crippen LogP contribution in [0.4, 0.5) is 48.3 Å². The normalized spacial score (nSPS) is 14.1. The monoisotopic (exact) mass is 459 g/mol. The van der Waals surface area contributed by atoms with Crippen molar-refractivity contribution in [2.75, 3.05) is 0 Å². The number of nitrogens with one attached hydrogen (secondary N) is 1. The summed E-state index contributed by atoms with van der Waals surface area (Å²) in [5, 5.41) is 0. The lowest BCUT2D eigenvalue weighted by molar-refractivity contribution is -0.407. The third kappa shape index (κ3) is 4.95. The van der Waals surface area contributed by atoms with E-state index in [0.717, 1.165) is 0 Å². The molecule has 1 amide bonds. The van der Waals surface area contributed by atoms with Crippen molar-refractivity contribution >= 4 is 5.91 Å². The predicted octanol–water partition coefficient (Wildman–Crippen LogP) is 5.75. The van der Waals surface area contributed by atoms with Crippen LogP contribution < -0.4 is 5.48 Å². The molecule has 14 heteroatoms. The average molecular weight is 459 g/mol. The smallest absolute Gasteiger partial charge is 0.387 e. The molecule has 0 heterocycles. The van der Waals surface area contributed by atoms with Crippen LogP contribution in [0.25, 0.3) is 0 Å². The van der Waals surface area contributed by atoms with Crippen LogP contribution in [0.3, 0.4) is 0 Å². The minimum atomic E-state index is -7.03. The van der Waals surface area contributed by atoms with Gasteiger partial charge in [0.2, 0.25) is 0 Å². The molecule has 0 fully saturated rings. The summed E-state index contributed by atoms with van der Waals surface area (Å²) in [6.45, 7) is 0. The highest BCUT2D eigenvalue weighted by Crippen LogP contribution is 2.58. The summed E-state index contributed by atoms with van der Waals surface area (Å²) in [5.74, 6) is -14.9. The Morgan fingerprint density at radius 3 is 1.73 bits per heavy atom. The second-order valence-corrected chi connectivity index (χ2v) is 5.77.